The van der Waals surface area contributed by atoms with Gasteiger partial charge in [-0.25, -0.2) is 9.97 Å². The van der Waals surface area contributed by atoms with Crippen LogP contribution in [0.3, 0.4) is 0 Å². The molecule has 5 nitrogen and oxygen atoms in total. The third-order valence-corrected chi connectivity index (χ3v) is 5.25. The summed E-state index contributed by atoms with van der Waals surface area (Å²) in [5.41, 5.74) is 1.95. The number of aliphatic carboxylic acids is 1. The molecule has 1 N–H and O–H groups in total. The summed E-state index contributed by atoms with van der Waals surface area (Å²) in [6.45, 7) is 3.55. The Balaban J connectivity index is 1.80. The summed E-state index contributed by atoms with van der Waals surface area (Å²) in [4.78, 5) is 22.7. The average molecular weight is 289 g/mol. The van der Waals surface area contributed by atoms with E-state index in [-0.39, 0.29) is 0 Å². The highest BCUT2D eigenvalue weighted by Gasteiger charge is 2.40. The number of piperidine rings is 1. The lowest BCUT2D eigenvalue weighted by atomic mass is 9.76. The van der Waals surface area contributed by atoms with E-state index < -0.39 is 11.4 Å². The minimum atomic E-state index is -0.644. The molecule has 114 valence electrons. The zero-order chi connectivity index (χ0) is 14.9. The Hall–Kier alpha value is -1.65. The number of fused-ring (bicyclic) bond motifs is 1. The Morgan fingerprint density at radius 3 is 2.67 bits per heavy atom. The zero-order valence-corrected chi connectivity index (χ0v) is 12.6. The van der Waals surface area contributed by atoms with Crippen LogP contribution in [0.1, 0.15) is 50.3 Å². The van der Waals surface area contributed by atoms with Crippen molar-refractivity contribution in [2.45, 2.75) is 51.9 Å². The molecule has 0 unspecified atom stereocenters. The van der Waals surface area contributed by atoms with Gasteiger partial charge in [-0.3, -0.25) is 4.79 Å². The predicted molar refractivity (Wildman–Crippen MR) is 80.5 cm³/mol. The summed E-state index contributed by atoms with van der Waals surface area (Å²) in [7, 11) is 0. The first-order chi connectivity index (χ1) is 10.2. The maximum Gasteiger partial charge on any atom is 0.309 e. The number of nitrogens with zero attached hydrogens (tertiary/aromatic N) is 3. The Bertz CT molecular complexity index is 536. The molecule has 5 heteroatoms. The predicted octanol–water partition coefficient (Wildman–Crippen LogP) is 2.44. The number of carbonyl (C=O) groups is 1. The van der Waals surface area contributed by atoms with Crippen LogP contribution in [-0.4, -0.2) is 34.1 Å². The fourth-order valence-corrected chi connectivity index (χ4v) is 3.64. The van der Waals surface area contributed by atoms with E-state index in [1.54, 1.807) is 6.33 Å². The molecule has 0 bridgehead atoms. The molecule has 0 radical (unpaired) electrons. The van der Waals surface area contributed by atoms with E-state index >= 15 is 0 Å². The van der Waals surface area contributed by atoms with Gasteiger partial charge in [-0.2, -0.15) is 0 Å². The largest absolute Gasteiger partial charge is 0.481 e. The molecular weight excluding hydrogens is 266 g/mol. The number of hydrogen-bond donors (Lipinski definition) is 1. The van der Waals surface area contributed by atoms with Crippen LogP contribution in [-0.2, 0) is 17.6 Å². The van der Waals surface area contributed by atoms with Crippen molar-refractivity contribution in [3.63, 3.8) is 0 Å². The summed E-state index contributed by atoms with van der Waals surface area (Å²) in [5, 5.41) is 9.49. The van der Waals surface area contributed by atoms with E-state index in [0.29, 0.717) is 19.3 Å². The Morgan fingerprint density at radius 1 is 1.29 bits per heavy atom. The lowest BCUT2D eigenvalue weighted by Gasteiger charge is -2.39. The molecule has 2 aliphatic rings. The highest BCUT2D eigenvalue weighted by Crippen LogP contribution is 2.37. The van der Waals surface area contributed by atoms with Crippen LogP contribution < -0.4 is 4.90 Å². The van der Waals surface area contributed by atoms with Crippen molar-refractivity contribution in [3.8, 4) is 0 Å². The summed E-state index contributed by atoms with van der Waals surface area (Å²) in [5.74, 6) is 0.407. The third kappa shape index (κ3) is 2.49. The summed E-state index contributed by atoms with van der Waals surface area (Å²) in [6.07, 6.45) is 8.30. The van der Waals surface area contributed by atoms with Crippen LogP contribution in [0.5, 0.6) is 0 Å². The minimum absolute atomic E-state index is 0.538. The van der Waals surface area contributed by atoms with Gasteiger partial charge in [-0.1, -0.05) is 6.92 Å². The molecule has 0 spiro atoms. The van der Waals surface area contributed by atoms with Gasteiger partial charge in [0.2, 0.25) is 0 Å². The quantitative estimate of drug-likeness (QED) is 0.925. The first-order valence-electron chi connectivity index (χ1n) is 7.97. The van der Waals surface area contributed by atoms with Gasteiger partial charge >= 0.3 is 5.97 Å². The zero-order valence-electron chi connectivity index (χ0n) is 12.6. The lowest BCUT2D eigenvalue weighted by Crippen LogP contribution is -2.44. The lowest BCUT2D eigenvalue weighted by molar-refractivity contribution is -0.150. The molecular formula is C16H23N3O2. The van der Waals surface area contributed by atoms with Crippen molar-refractivity contribution >= 4 is 11.8 Å². The molecule has 1 aliphatic carbocycles. The third-order valence-electron chi connectivity index (χ3n) is 5.25. The second-order valence-corrected chi connectivity index (χ2v) is 6.26. The van der Waals surface area contributed by atoms with Crippen molar-refractivity contribution in [1.82, 2.24) is 9.97 Å². The Labute approximate surface area is 125 Å². The number of hydrogen-bond acceptors (Lipinski definition) is 4. The van der Waals surface area contributed by atoms with Gasteiger partial charge in [0.25, 0.3) is 0 Å². The fraction of sp³-hybridized carbons (Fsp3) is 0.688. The fourth-order valence-electron chi connectivity index (χ4n) is 3.64. The van der Waals surface area contributed by atoms with E-state index in [9.17, 15) is 9.90 Å². The number of anilines is 1. The van der Waals surface area contributed by atoms with Crippen molar-refractivity contribution in [1.29, 1.82) is 0 Å². The molecule has 1 saturated heterocycles. The number of rotatable bonds is 3. The summed E-state index contributed by atoms with van der Waals surface area (Å²) >= 11 is 0. The number of aryl methyl sites for hydroxylation is 1. The summed E-state index contributed by atoms with van der Waals surface area (Å²) in [6, 6.07) is 0. The van der Waals surface area contributed by atoms with Gasteiger partial charge in [0.15, 0.2) is 0 Å². The molecule has 2 heterocycles. The molecule has 1 aromatic rings. The van der Waals surface area contributed by atoms with Gasteiger partial charge < -0.3 is 10.0 Å². The molecule has 0 aromatic carbocycles. The Kier molecular flexibility index (Phi) is 3.83. The van der Waals surface area contributed by atoms with Gasteiger partial charge in [-0.05, 0) is 44.9 Å². The second kappa shape index (κ2) is 5.62. The van der Waals surface area contributed by atoms with E-state index in [4.69, 9.17) is 0 Å². The number of aromatic nitrogens is 2. The van der Waals surface area contributed by atoms with E-state index in [0.717, 1.165) is 31.7 Å². The Morgan fingerprint density at radius 2 is 2.00 bits per heavy atom. The summed E-state index contributed by atoms with van der Waals surface area (Å²) < 4.78 is 0. The van der Waals surface area contributed by atoms with Gasteiger partial charge in [0.05, 0.1) is 5.41 Å². The van der Waals surface area contributed by atoms with Crippen molar-refractivity contribution in [2.24, 2.45) is 5.41 Å². The molecule has 21 heavy (non-hydrogen) atoms. The van der Waals surface area contributed by atoms with Gasteiger partial charge in [0, 0.05) is 24.3 Å². The van der Waals surface area contributed by atoms with E-state index in [1.807, 2.05) is 6.92 Å². The molecule has 3 rings (SSSR count). The normalized spacial score (nSPS) is 20.9. The highest BCUT2D eigenvalue weighted by atomic mass is 16.4. The highest BCUT2D eigenvalue weighted by molar-refractivity contribution is 5.75. The van der Waals surface area contributed by atoms with Crippen LogP contribution in [0.4, 0.5) is 5.82 Å². The van der Waals surface area contributed by atoms with Gasteiger partial charge in [0.1, 0.15) is 12.1 Å². The first kappa shape index (κ1) is 14.3. The second-order valence-electron chi connectivity index (χ2n) is 6.26. The van der Waals surface area contributed by atoms with Crippen LogP contribution in [0.15, 0.2) is 6.33 Å². The number of carboxylic acids is 1. The molecule has 0 atom stereocenters. The molecule has 1 aliphatic heterocycles. The van der Waals surface area contributed by atoms with E-state index in [1.165, 1.54) is 24.1 Å². The monoisotopic (exact) mass is 289 g/mol. The maximum absolute atomic E-state index is 11.5. The van der Waals surface area contributed by atoms with Crippen molar-refractivity contribution in [2.75, 3.05) is 18.0 Å². The van der Waals surface area contributed by atoms with Crippen LogP contribution >= 0.6 is 0 Å². The molecule has 0 saturated carbocycles. The SMILES string of the molecule is CCC1(C(=O)O)CCN(c2ncnc3c2CCCC3)CC1. The van der Waals surface area contributed by atoms with E-state index in [2.05, 4.69) is 14.9 Å². The van der Waals surface area contributed by atoms with Gasteiger partial charge in [-0.15, -0.1) is 0 Å². The average Bonchev–Trinajstić information content (AvgIpc) is 2.54. The molecule has 1 aromatic heterocycles. The standard InChI is InChI=1S/C16H23N3O2/c1-2-16(15(20)21)7-9-19(10-8-16)14-12-5-3-4-6-13(12)17-11-18-14/h11H,2-10H2,1H3,(H,20,21). The van der Waals surface area contributed by atoms with Crippen LogP contribution in [0, 0.1) is 5.41 Å². The van der Waals surface area contributed by atoms with Crippen molar-refractivity contribution in [3.05, 3.63) is 17.6 Å². The topological polar surface area (TPSA) is 66.3 Å². The first-order valence-corrected chi connectivity index (χ1v) is 7.97. The van der Waals surface area contributed by atoms with Crippen LogP contribution in [0.2, 0.25) is 0 Å². The maximum atomic E-state index is 11.5. The van der Waals surface area contributed by atoms with Crippen LogP contribution in [0.25, 0.3) is 0 Å². The van der Waals surface area contributed by atoms with Crippen molar-refractivity contribution < 1.29 is 9.90 Å². The minimum Gasteiger partial charge on any atom is -0.481 e. The molecule has 1 fully saturated rings. The molecule has 0 amide bonds. The number of carboxylic acid groups (broad SMARTS) is 1. The smallest absolute Gasteiger partial charge is 0.309 e.